The van der Waals surface area contributed by atoms with Gasteiger partial charge >= 0.3 is 0 Å². The molecule has 0 radical (unpaired) electrons. The highest BCUT2D eigenvalue weighted by Gasteiger charge is 2.61. The number of rotatable bonds is 8. The van der Waals surface area contributed by atoms with E-state index in [9.17, 15) is 14.7 Å². The number of ether oxygens (including phenoxy) is 1. The van der Waals surface area contributed by atoms with Crippen LogP contribution in [0.4, 0.5) is 0 Å². The molecule has 31 heavy (non-hydrogen) atoms. The summed E-state index contributed by atoms with van der Waals surface area (Å²) < 4.78 is 5.03. The highest BCUT2D eigenvalue weighted by atomic mass is 16.5. The Kier molecular flexibility index (Phi) is 7.73. The van der Waals surface area contributed by atoms with Gasteiger partial charge in [-0.2, -0.15) is 0 Å². The van der Waals surface area contributed by atoms with Crippen LogP contribution in [0.3, 0.4) is 0 Å². The van der Waals surface area contributed by atoms with Gasteiger partial charge in [0.25, 0.3) is 0 Å². The van der Waals surface area contributed by atoms with Crippen molar-refractivity contribution in [3.63, 3.8) is 0 Å². The largest absolute Gasteiger partial charge is 0.390 e. The Morgan fingerprint density at radius 1 is 1.06 bits per heavy atom. The Hall–Kier alpha value is -1.14. The van der Waals surface area contributed by atoms with Gasteiger partial charge in [0.1, 0.15) is 0 Å². The summed E-state index contributed by atoms with van der Waals surface area (Å²) >= 11 is 0. The highest BCUT2D eigenvalue weighted by molar-refractivity contribution is 5.79. The van der Waals surface area contributed by atoms with Crippen LogP contribution in [-0.4, -0.2) is 48.8 Å². The van der Waals surface area contributed by atoms with Crippen LogP contribution in [0.2, 0.25) is 0 Å². The van der Waals surface area contributed by atoms with Crippen molar-refractivity contribution in [3.8, 4) is 0 Å². The molecule has 3 N–H and O–H groups in total. The van der Waals surface area contributed by atoms with Crippen LogP contribution in [0.5, 0.6) is 0 Å². The summed E-state index contributed by atoms with van der Waals surface area (Å²) in [6.07, 6.45) is 9.96. The lowest BCUT2D eigenvalue weighted by Crippen LogP contribution is -2.53. The molecule has 3 fully saturated rings. The van der Waals surface area contributed by atoms with Gasteiger partial charge in [-0.15, -0.1) is 0 Å². The van der Waals surface area contributed by atoms with Crippen LogP contribution < -0.4 is 10.6 Å². The van der Waals surface area contributed by atoms with Crippen LogP contribution >= 0.6 is 0 Å². The molecule has 3 saturated carbocycles. The fraction of sp³-hybridized carbons (Fsp3) is 0.920. The molecule has 2 amide bonds. The van der Waals surface area contributed by atoms with Gasteiger partial charge in [0.05, 0.1) is 12.2 Å². The molecule has 0 saturated heterocycles. The van der Waals surface area contributed by atoms with Crippen molar-refractivity contribution >= 4 is 11.8 Å². The average Bonchev–Trinajstić information content (AvgIpc) is 2.93. The smallest absolute Gasteiger partial charge is 0.223 e. The van der Waals surface area contributed by atoms with Crippen LogP contribution in [0.1, 0.15) is 91.4 Å². The summed E-state index contributed by atoms with van der Waals surface area (Å²) in [6, 6.07) is 0.0739. The molecule has 0 unspecified atom stereocenters. The number of hydrogen-bond donors (Lipinski definition) is 3. The minimum Gasteiger partial charge on any atom is -0.390 e. The Labute approximate surface area is 188 Å². The maximum atomic E-state index is 13.2. The fourth-order valence-corrected chi connectivity index (χ4v) is 6.81. The highest BCUT2D eigenvalue weighted by Crippen LogP contribution is 2.63. The van der Waals surface area contributed by atoms with Crippen molar-refractivity contribution in [2.75, 3.05) is 20.3 Å². The number of aliphatic hydroxyl groups is 1. The first-order valence-electron chi connectivity index (χ1n) is 12.4. The second-order valence-corrected chi connectivity index (χ2v) is 11.4. The molecule has 0 bridgehead atoms. The molecule has 0 heterocycles. The van der Waals surface area contributed by atoms with Gasteiger partial charge in [-0.05, 0) is 68.6 Å². The number of amides is 2. The quantitative estimate of drug-likeness (QED) is 0.508. The van der Waals surface area contributed by atoms with Crippen LogP contribution in [0, 0.1) is 22.7 Å². The van der Waals surface area contributed by atoms with Gasteiger partial charge < -0.3 is 20.5 Å². The van der Waals surface area contributed by atoms with E-state index >= 15 is 0 Å². The predicted octanol–water partition coefficient (Wildman–Crippen LogP) is 3.56. The minimum atomic E-state index is -0.672. The summed E-state index contributed by atoms with van der Waals surface area (Å²) in [5, 5.41) is 17.3. The van der Waals surface area contributed by atoms with E-state index in [0.717, 1.165) is 57.8 Å². The van der Waals surface area contributed by atoms with Gasteiger partial charge in [-0.1, -0.05) is 33.1 Å². The molecule has 4 atom stereocenters. The van der Waals surface area contributed by atoms with Gasteiger partial charge in [0, 0.05) is 32.0 Å². The van der Waals surface area contributed by atoms with E-state index in [1.54, 1.807) is 7.11 Å². The van der Waals surface area contributed by atoms with E-state index in [-0.39, 0.29) is 40.5 Å². The molecule has 3 aliphatic carbocycles. The fourth-order valence-electron chi connectivity index (χ4n) is 6.81. The first kappa shape index (κ1) is 24.5. The number of methoxy groups -OCH3 is 1. The van der Waals surface area contributed by atoms with Gasteiger partial charge in [-0.3, -0.25) is 9.59 Å². The molecule has 6 heteroatoms. The number of nitrogens with one attached hydrogen (secondary N) is 2. The molecule has 0 aliphatic heterocycles. The monoisotopic (exact) mass is 436 g/mol. The standard InChI is InChI=1S/C25H44N2O4/c1-23(2)17-20(27-22(29)18-8-6-5-7-9-18)25(11-10-21(28)26-14-15-31-4)13-12-24(3,30)16-19(23)25/h18-20,30H,5-17H2,1-4H3,(H,26,28)(H,27,29)/t19-,20-,24-,25-/m0/s1. The molecule has 0 aromatic carbocycles. The van der Waals surface area contributed by atoms with Crippen LogP contribution in [-0.2, 0) is 14.3 Å². The second kappa shape index (κ2) is 9.78. The second-order valence-electron chi connectivity index (χ2n) is 11.4. The van der Waals surface area contributed by atoms with Crippen molar-refractivity contribution in [2.45, 2.75) is 103 Å². The van der Waals surface area contributed by atoms with Crippen molar-refractivity contribution in [3.05, 3.63) is 0 Å². The summed E-state index contributed by atoms with van der Waals surface area (Å²) in [7, 11) is 1.63. The normalized spacial score (nSPS) is 35.4. The van der Waals surface area contributed by atoms with Gasteiger partial charge in [-0.25, -0.2) is 0 Å². The zero-order valence-electron chi connectivity index (χ0n) is 20.1. The molecule has 0 aromatic heterocycles. The summed E-state index contributed by atoms with van der Waals surface area (Å²) in [5.74, 6) is 0.677. The maximum Gasteiger partial charge on any atom is 0.223 e. The van der Waals surface area contributed by atoms with E-state index in [2.05, 4.69) is 24.5 Å². The topological polar surface area (TPSA) is 87.7 Å². The third-order valence-corrected chi connectivity index (χ3v) is 8.57. The lowest BCUT2D eigenvalue weighted by atomic mass is 9.57. The lowest BCUT2D eigenvalue weighted by molar-refractivity contribution is -0.129. The minimum absolute atomic E-state index is 0.0153. The van der Waals surface area contributed by atoms with Crippen molar-refractivity contribution in [2.24, 2.45) is 22.7 Å². The Bertz CT molecular complexity index is 641. The third-order valence-electron chi connectivity index (χ3n) is 8.57. The Morgan fingerprint density at radius 3 is 2.45 bits per heavy atom. The third kappa shape index (κ3) is 5.62. The Morgan fingerprint density at radius 2 is 1.77 bits per heavy atom. The molecule has 3 rings (SSSR count). The van der Waals surface area contributed by atoms with Crippen molar-refractivity contribution < 1.29 is 19.4 Å². The predicted molar refractivity (Wildman–Crippen MR) is 121 cm³/mol. The first-order chi connectivity index (χ1) is 14.6. The van der Waals surface area contributed by atoms with E-state index in [1.807, 2.05) is 6.92 Å². The zero-order chi connectivity index (χ0) is 22.7. The van der Waals surface area contributed by atoms with Gasteiger partial charge in [0.2, 0.25) is 11.8 Å². The van der Waals surface area contributed by atoms with E-state index in [4.69, 9.17) is 4.74 Å². The number of carbonyl (C=O) groups excluding carboxylic acids is 2. The van der Waals surface area contributed by atoms with E-state index in [0.29, 0.717) is 19.6 Å². The number of hydrogen-bond acceptors (Lipinski definition) is 4. The molecule has 3 aliphatic rings. The van der Waals surface area contributed by atoms with Crippen molar-refractivity contribution in [1.82, 2.24) is 10.6 Å². The SMILES string of the molecule is COCCNC(=O)CC[C@]12CC[C@](C)(O)C[C@H]1C(C)(C)C[C@@H]2NC(=O)C1CCCCC1. The molecule has 0 spiro atoms. The number of carbonyl (C=O) groups is 2. The molecule has 0 aromatic rings. The molecular weight excluding hydrogens is 392 g/mol. The van der Waals surface area contributed by atoms with Crippen LogP contribution in [0.25, 0.3) is 0 Å². The molecular formula is C25H44N2O4. The Balaban J connectivity index is 1.77. The molecule has 178 valence electrons. The average molecular weight is 437 g/mol. The van der Waals surface area contributed by atoms with E-state index in [1.165, 1.54) is 6.42 Å². The van der Waals surface area contributed by atoms with Crippen LogP contribution in [0.15, 0.2) is 0 Å². The molecule has 6 nitrogen and oxygen atoms in total. The first-order valence-corrected chi connectivity index (χ1v) is 12.4. The van der Waals surface area contributed by atoms with E-state index < -0.39 is 5.60 Å². The zero-order valence-corrected chi connectivity index (χ0v) is 20.1. The number of fused-ring (bicyclic) bond motifs is 1. The summed E-state index contributed by atoms with van der Waals surface area (Å²) in [4.78, 5) is 25.7. The lowest BCUT2D eigenvalue weighted by Gasteiger charge is -2.51. The summed E-state index contributed by atoms with van der Waals surface area (Å²) in [6.45, 7) is 7.53. The summed E-state index contributed by atoms with van der Waals surface area (Å²) in [5.41, 5.74) is -0.787. The van der Waals surface area contributed by atoms with Crippen molar-refractivity contribution in [1.29, 1.82) is 0 Å². The maximum absolute atomic E-state index is 13.2. The van der Waals surface area contributed by atoms with Gasteiger partial charge in [0.15, 0.2) is 0 Å².